The summed E-state index contributed by atoms with van der Waals surface area (Å²) in [4.78, 5) is 26.7. The Kier molecular flexibility index (Phi) is 6.46. The number of hydrogen-bond donors (Lipinski definition) is 1. The van der Waals surface area contributed by atoms with Crippen molar-refractivity contribution in [1.82, 2.24) is 9.62 Å². The number of carbonyl (C=O) groups excluding carboxylic acids is 2. The molecule has 1 saturated heterocycles. The van der Waals surface area contributed by atoms with Crippen LogP contribution >= 0.6 is 0 Å². The molecule has 0 radical (unpaired) electrons. The number of para-hydroxylation sites is 1. The van der Waals surface area contributed by atoms with Crippen molar-refractivity contribution in [1.29, 1.82) is 0 Å². The number of sulfonamides is 1. The van der Waals surface area contributed by atoms with Crippen LogP contribution in [0.4, 0.5) is 5.69 Å². The first-order valence-corrected chi connectivity index (χ1v) is 11.3. The molecule has 0 unspecified atom stereocenters. The molecule has 3 rings (SSSR count). The average Bonchev–Trinajstić information content (AvgIpc) is 2.69. The van der Waals surface area contributed by atoms with Gasteiger partial charge in [-0.15, -0.1) is 0 Å². The van der Waals surface area contributed by atoms with Crippen LogP contribution in [-0.4, -0.2) is 55.7 Å². The third-order valence-electron chi connectivity index (χ3n) is 4.88. The Balaban J connectivity index is 1.62. The van der Waals surface area contributed by atoms with Gasteiger partial charge < -0.3 is 4.90 Å². The quantitative estimate of drug-likeness (QED) is 0.774. The lowest BCUT2D eigenvalue weighted by atomic mass is 10.0. The predicted molar refractivity (Wildman–Crippen MR) is 107 cm³/mol. The number of hydrazone groups is 1. The maximum Gasteiger partial charge on any atom is 0.270 e. The minimum absolute atomic E-state index is 0.117. The van der Waals surface area contributed by atoms with E-state index < -0.39 is 10.0 Å². The second kappa shape index (κ2) is 8.83. The van der Waals surface area contributed by atoms with Gasteiger partial charge in [0.15, 0.2) is 0 Å². The van der Waals surface area contributed by atoms with E-state index in [2.05, 4.69) is 9.82 Å². The number of piperidine rings is 1. The zero-order valence-corrected chi connectivity index (χ0v) is 16.8. The van der Waals surface area contributed by atoms with E-state index in [0.717, 1.165) is 0 Å². The van der Waals surface area contributed by atoms with Crippen molar-refractivity contribution < 1.29 is 18.0 Å². The van der Waals surface area contributed by atoms with Crippen LogP contribution < -0.4 is 9.73 Å². The second-order valence-corrected chi connectivity index (χ2v) is 8.96. The van der Waals surface area contributed by atoms with Crippen molar-refractivity contribution in [2.75, 3.05) is 23.9 Å². The fourth-order valence-electron chi connectivity index (χ4n) is 3.44. The van der Waals surface area contributed by atoms with E-state index in [1.165, 1.54) is 5.01 Å². The summed E-state index contributed by atoms with van der Waals surface area (Å²) < 4.78 is 26.6. The SMILES string of the molecule is CCCS(=O)(=O)NC1CCN(C(=O)C2=NN(c3ccccc3)C(=O)CC2)CC1. The Morgan fingerprint density at radius 1 is 1.18 bits per heavy atom. The average molecular weight is 407 g/mol. The van der Waals surface area contributed by atoms with E-state index in [-0.39, 0.29) is 30.0 Å². The van der Waals surface area contributed by atoms with Gasteiger partial charge in [-0.2, -0.15) is 5.10 Å². The van der Waals surface area contributed by atoms with Crippen LogP contribution in [-0.2, 0) is 19.6 Å². The Hall–Kier alpha value is -2.26. The number of hydrogen-bond acceptors (Lipinski definition) is 5. The summed E-state index contributed by atoms with van der Waals surface area (Å²) in [5, 5.41) is 5.60. The van der Waals surface area contributed by atoms with Crippen molar-refractivity contribution in [3.05, 3.63) is 30.3 Å². The Morgan fingerprint density at radius 3 is 2.50 bits per heavy atom. The molecule has 9 heteroatoms. The molecular weight excluding hydrogens is 380 g/mol. The standard InChI is InChI=1S/C19H26N4O4S/c1-2-14-28(26,27)21-15-10-12-22(13-11-15)19(25)17-8-9-18(24)23(20-17)16-6-4-3-5-7-16/h3-7,15,21H,2,8-14H2,1H3. The Morgan fingerprint density at radius 2 is 1.86 bits per heavy atom. The molecule has 152 valence electrons. The minimum Gasteiger partial charge on any atom is -0.337 e. The summed E-state index contributed by atoms with van der Waals surface area (Å²) in [7, 11) is -3.25. The molecular formula is C19H26N4O4S. The number of amides is 2. The van der Waals surface area contributed by atoms with Crippen LogP contribution in [0.15, 0.2) is 35.4 Å². The van der Waals surface area contributed by atoms with E-state index in [4.69, 9.17) is 0 Å². The fourth-order valence-corrected chi connectivity index (χ4v) is 4.84. The van der Waals surface area contributed by atoms with Crippen LogP contribution in [0.5, 0.6) is 0 Å². The van der Waals surface area contributed by atoms with Gasteiger partial charge in [0.05, 0.1) is 11.4 Å². The van der Waals surface area contributed by atoms with Gasteiger partial charge in [-0.3, -0.25) is 9.59 Å². The van der Waals surface area contributed by atoms with Crippen molar-refractivity contribution in [2.45, 2.75) is 45.1 Å². The zero-order chi connectivity index (χ0) is 20.1. The number of likely N-dealkylation sites (tertiary alicyclic amines) is 1. The largest absolute Gasteiger partial charge is 0.337 e. The van der Waals surface area contributed by atoms with Crippen molar-refractivity contribution in [2.24, 2.45) is 5.10 Å². The molecule has 1 aromatic carbocycles. The van der Waals surface area contributed by atoms with Gasteiger partial charge in [-0.1, -0.05) is 25.1 Å². The van der Waals surface area contributed by atoms with E-state index in [0.29, 0.717) is 50.2 Å². The van der Waals surface area contributed by atoms with Gasteiger partial charge in [-0.05, 0) is 31.4 Å². The topological polar surface area (TPSA) is 99.2 Å². The first kappa shape index (κ1) is 20.5. The number of nitrogens with zero attached hydrogens (tertiary/aromatic N) is 3. The third-order valence-corrected chi connectivity index (χ3v) is 6.52. The maximum atomic E-state index is 12.8. The number of anilines is 1. The third kappa shape index (κ3) is 4.96. The van der Waals surface area contributed by atoms with Gasteiger partial charge in [0.25, 0.3) is 5.91 Å². The summed E-state index contributed by atoms with van der Waals surface area (Å²) in [6, 6.07) is 8.91. The van der Waals surface area contributed by atoms with Gasteiger partial charge in [0.2, 0.25) is 15.9 Å². The molecule has 0 bridgehead atoms. The predicted octanol–water partition coefficient (Wildman–Crippen LogP) is 1.49. The summed E-state index contributed by atoms with van der Waals surface area (Å²) in [6.45, 7) is 2.77. The highest BCUT2D eigenvalue weighted by molar-refractivity contribution is 7.89. The lowest BCUT2D eigenvalue weighted by Gasteiger charge is -2.33. The van der Waals surface area contributed by atoms with Crippen molar-refractivity contribution in [3.63, 3.8) is 0 Å². The summed E-state index contributed by atoms with van der Waals surface area (Å²) in [5.74, 6) is -0.193. The molecule has 2 aliphatic rings. The molecule has 2 heterocycles. The smallest absolute Gasteiger partial charge is 0.270 e. The second-order valence-electron chi connectivity index (χ2n) is 7.09. The molecule has 1 N–H and O–H groups in total. The summed E-state index contributed by atoms with van der Waals surface area (Å²) in [6.07, 6.45) is 2.28. The molecule has 0 aliphatic carbocycles. The van der Waals surface area contributed by atoms with E-state index in [1.807, 2.05) is 25.1 Å². The van der Waals surface area contributed by atoms with E-state index in [1.54, 1.807) is 17.0 Å². The maximum absolute atomic E-state index is 12.8. The van der Waals surface area contributed by atoms with E-state index >= 15 is 0 Å². The van der Waals surface area contributed by atoms with Gasteiger partial charge in [0, 0.05) is 32.0 Å². The number of nitrogens with one attached hydrogen (secondary N) is 1. The zero-order valence-electron chi connectivity index (χ0n) is 16.0. The minimum atomic E-state index is -3.25. The molecule has 8 nitrogen and oxygen atoms in total. The monoisotopic (exact) mass is 406 g/mol. The highest BCUT2D eigenvalue weighted by atomic mass is 32.2. The van der Waals surface area contributed by atoms with Crippen LogP contribution in [0.2, 0.25) is 0 Å². The van der Waals surface area contributed by atoms with Gasteiger partial charge in [-0.25, -0.2) is 18.1 Å². The highest BCUT2D eigenvalue weighted by Gasteiger charge is 2.31. The number of benzene rings is 1. The summed E-state index contributed by atoms with van der Waals surface area (Å²) >= 11 is 0. The number of carbonyl (C=O) groups is 2. The van der Waals surface area contributed by atoms with Crippen molar-refractivity contribution >= 4 is 33.2 Å². The first-order valence-electron chi connectivity index (χ1n) is 9.64. The van der Waals surface area contributed by atoms with Crippen LogP contribution in [0.3, 0.4) is 0 Å². The lowest BCUT2D eigenvalue weighted by Crippen LogP contribution is -2.49. The highest BCUT2D eigenvalue weighted by Crippen LogP contribution is 2.21. The molecule has 1 aromatic rings. The van der Waals surface area contributed by atoms with E-state index in [9.17, 15) is 18.0 Å². The molecule has 0 atom stereocenters. The van der Waals surface area contributed by atoms with Gasteiger partial charge in [0.1, 0.15) is 5.71 Å². The Labute approximate surface area is 165 Å². The number of rotatable bonds is 6. The molecule has 28 heavy (non-hydrogen) atoms. The molecule has 2 amide bonds. The van der Waals surface area contributed by atoms with Crippen LogP contribution in [0.25, 0.3) is 0 Å². The fraction of sp³-hybridized carbons (Fsp3) is 0.526. The lowest BCUT2D eigenvalue weighted by molar-refractivity contribution is -0.125. The van der Waals surface area contributed by atoms with Crippen molar-refractivity contribution in [3.8, 4) is 0 Å². The van der Waals surface area contributed by atoms with Crippen LogP contribution in [0.1, 0.15) is 39.0 Å². The Bertz CT molecular complexity index is 846. The molecule has 0 spiro atoms. The van der Waals surface area contributed by atoms with Crippen LogP contribution in [0, 0.1) is 0 Å². The molecule has 1 fully saturated rings. The molecule has 0 aromatic heterocycles. The molecule has 0 saturated carbocycles. The molecule has 2 aliphatic heterocycles. The van der Waals surface area contributed by atoms with Gasteiger partial charge >= 0.3 is 0 Å². The summed E-state index contributed by atoms with van der Waals surface area (Å²) in [5.41, 5.74) is 1.01. The normalized spacial score (nSPS) is 18.9. The first-order chi connectivity index (χ1) is 13.4.